The van der Waals surface area contributed by atoms with E-state index in [1.165, 1.54) is 263 Å². The van der Waals surface area contributed by atoms with E-state index in [9.17, 15) is 19.8 Å². The topological polar surface area (TPSA) is 95.9 Å². The number of hydrogen-bond donors (Lipinski definition) is 3. The first-order chi connectivity index (χ1) is 36.0. The summed E-state index contributed by atoms with van der Waals surface area (Å²) in [4.78, 5) is 24.6. The van der Waals surface area contributed by atoms with Gasteiger partial charge >= 0.3 is 5.97 Å². The summed E-state index contributed by atoms with van der Waals surface area (Å²) >= 11 is 0. The maximum absolute atomic E-state index is 12.5. The van der Waals surface area contributed by atoms with Crippen molar-refractivity contribution in [3.05, 3.63) is 36.5 Å². The van der Waals surface area contributed by atoms with Gasteiger partial charge in [-0.25, -0.2) is 0 Å². The smallest absolute Gasteiger partial charge is 0.305 e. The highest BCUT2D eigenvalue weighted by Crippen LogP contribution is 2.18. The Kier molecular flexibility index (Phi) is 61.0. The summed E-state index contributed by atoms with van der Waals surface area (Å²) in [5, 5.41) is 23.2. The number of amides is 1. The first-order valence-corrected chi connectivity index (χ1v) is 32.8. The van der Waals surface area contributed by atoms with E-state index in [2.05, 4.69) is 43.5 Å². The second-order valence-corrected chi connectivity index (χ2v) is 22.5. The summed E-state index contributed by atoms with van der Waals surface area (Å²) in [6.45, 7) is 4.89. The molecule has 0 aliphatic rings. The first-order valence-electron chi connectivity index (χ1n) is 32.8. The number of esters is 1. The number of aliphatic hydroxyl groups is 2. The summed E-state index contributed by atoms with van der Waals surface area (Å²) < 4.78 is 5.48. The molecule has 0 aromatic rings. The predicted molar refractivity (Wildman–Crippen MR) is 319 cm³/mol. The number of carbonyl (C=O) groups excluding carboxylic acids is 2. The van der Waals surface area contributed by atoms with Crippen molar-refractivity contribution in [2.24, 2.45) is 0 Å². The molecule has 1 amide bonds. The molecule has 6 nitrogen and oxygen atoms in total. The number of allylic oxidation sites excluding steroid dienone is 5. The van der Waals surface area contributed by atoms with Crippen LogP contribution in [-0.4, -0.2) is 47.4 Å². The molecule has 0 saturated carbocycles. The molecule has 6 heteroatoms. The van der Waals surface area contributed by atoms with E-state index in [1.54, 1.807) is 6.08 Å². The van der Waals surface area contributed by atoms with Gasteiger partial charge in [0.2, 0.25) is 5.91 Å². The van der Waals surface area contributed by atoms with Gasteiger partial charge in [-0.1, -0.05) is 314 Å². The van der Waals surface area contributed by atoms with Crippen LogP contribution in [0.2, 0.25) is 0 Å². The Morgan fingerprint density at radius 1 is 0.384 bits per heavy atom. The standard InChI is InChI=1S/C67H127NO5/c1-3-5-7-9-11-13-15-17-19-21-22-23-24-25-26-27-28-29-31-35-39-43-47-51-55-59-65(70)64(63-69)68-66(71)60-56-52-48-44-40-36-32-30-34-38-42-46-50-54-58-62-73-67(72)61-57-53-49-45-41-37-33-20-18-16-14-12-10-8-6-4-2/h14,16,20,33,55,59,64-65,69-70H,3-13,15,17-19,21-32,34-54,56-58,60-63H2,1-2H3,(H,68,71)/b16-14-,33-20-,59-55+. The fourth-order valence-electron chi connectivity index (χ4n) is 10.1. The lowest BCUT2D eigenvalue weighted by Gasteiger charge is -2.20. The summed E-state index contributed by atoms with van der Waals surface area (Å²) in [6.07, 6.45) is 79.0. The fourth-order valence-corrected chi connectivity index (χ4v) is 10.1. The third kappa shape index (κ3) is 59.2. The van der Waals surface area contributed by atoms with E-state index in [-0.39, 0.29) is 18.5 Å². The minimum atomic E-state index is -0.853. The van der Waals surface area contributed by atoms with Gasteiger partial charge in [0.1, 0.15) is 0 Å². The van der Waals surface area contributed by atoms with Crippen molar-refractivity contribution in [1.82, 2.24) is 5.32 Å². The van der Waals surface area contributed by atoms with Crippen molar-refractivity contribution < 1.29 is 24.5 Å². The fraction of sp³-hybridized carbons (Fsp3) is 0.881. The van der Waals surface area contributed by atoms with E-state index < -0.39 is 12.1 Å². The van der Waals surface area contributed by atoms with Crippen LogP contribution in [0.25, 0.3) is 0 Å². The molecule has 0 rings (SSSR count). The number of rotatable bonds is 61. The van der Waals surface area contributed by atoms with Gasteiger partial charge in [0.25, 0.3) is 0 Å². The molecule has 2 atom stereocenters. The van der Waals surface area contributed by atoms with E-state index in [0.29, 0.717) is 19.4 Å². The Balaban J connectivity index is 3.46. The summed E-state index contributed by atoms with van der Waals surface area (Å²) in [5.74, 6) is -0.0869. The van der Waals surface area contributed by atoms with Crippen LogP contribution in [-0.2, 0) is 14.3 Å². The molecule has 0 aliphatic heterocycles. The Morgan fingerprint density at radius 2 is 0.685 bits per heavy atom. The molecule has 73 heavy (non-hydrogen) atoms. The molecule has 0 fully saturated rings. The average Bonchev–Trinajstić information content (AvgIpc) is 3.39. The van der Waals surface area contributed by atoms with Crippen molar-refractivity contribution in [3.8, 4) is 0 Å². The van der Waals surface area contributed by atoms with Gasteiger partial charge in [-0.2, -0.15) is 0 Å². The SMILES string of the molecule is CCCCCC/C=C\C/C=C\CCCCCCCC(=O)OCCCCCCCCCCCCCCCCCC(=O)NC(CO)C(O)/C=C/CCCCCCCCCCCCCCCCCCCCCCCCC. The second-order valence-electron chi connectivity index (χ2n) is 22.5. The molecule has 0 aliphatic carbocycles. The van der Waals surface area contributed by atoms with Crippen LogP contribution in [0.5, 0.6) is 0 Å². The number of carbonyl (C=O) groups is 2. The lowest BCUT2D eigenvalue weighted by molar-refractivity contribution is -0.143. The van der Waals surface area contributed by atoms with Crippen LogP contribution in [0.4, 0.5) is 0 Å². The van der Waals surface area contributed by atoms with Crippen molar-refractivity contribution in [2.45, 2.75) is 366 Å². The van der Waals surface area contributed by atoms with E-state index >= 15 is 0 Å². The molecule has 430 valence electrons. The van der Waals surface area contributed by atoms with Gasteiger partial charge in [-0.05, 0) is 64.2 Å². The third-order valence-electron chi connectivity index (χ3n) is 15.2. The van der Waals surface area contributed by atoms with Crippen LogP contribution < -0.4 is 5.32 Å². The average molecular weight is 1030 g/mol. The molecule has 0 saturated heterocycles. The van der Waals surface area contributed by atoms with Crippen molar-refractivity contribution >= 4 is 11.9 Å². The maximum atomic E-state index is 12.5. The summed E-state index contributed by atoms with van der Waals surface area (Å²) in [7, 11) is 0. The van der Waals surface area contributed by atoms with Crippen molar-refractivity contribution in [3.63, 3.8) is 0 Å². The molecule has 0 aromatic heterocycles. The zero-order valence-corrected chi connectivity index (χ0v) is 49.1. The maximum Gasteiger partial charge on any atom is 0.305 e. The zero-order chi connectivity index (χ0) is 52.9. The molecular weight excluding hydrogens is 899 g/mol. The van der Waals surface area contributed by atoms with Crippen LogP contribution in [0, 0.1) is 0 Å². The minimum Gasteiger partial charge on any atom is -0.466 e. The van der Waals surface area contributed by atoms with Gasteiger partial charge in [0, 0.05) is 12.8 Å². The Bertz CT molecular complexity index is 1180. The van der Waals surface area contributed by atoms with E-state index in [1.807, 2.05) is 6.08 Å². The number of aliphatic hydroxyl groups excluding tert-OH is 2. The summed E-state index contributed by atoms with van der Waals surface area (Å²) in [6, 6.07) is -0.637. The lowest BCUT2D eigenvalue weighted by Crippen LogP contribution is -2.45. The molecular formula is C67H127NO5. The van der Waals surface area contributed by atoms with Crippen LogP contribution in [0.15, 0.2) is 36.5 Å². The number of ether oxygens (including phenoxy) is 1. The molecule has 0 spiro atoms. The van der Waals surface area contributed by atoms with Gasteiger partial charge in [0.15, 0.2) is 0 Å². The number of unbranched alkanes of at least 4 members (excludes halogenated alkanes) is 46. The molecule has 0 aromatic carbocycles. The van der Waals surface area contributed by atoms with Crippen molar-refractivity contribution in [1.29, 1.82) is 0 Å². The summed E-state index contributed by atoms with van der Waals surface area (Å²) in [5.41, 5.74) is 0. The predicted octanol–water partition coefficient (Wildman–Crippen LogP) is 20.8. The number of nitrogens with one attached hydrogen (secondary N) is 1. The first kappa shape index (κ1) is 71.1. The quantitative estimate of drug-likeness (QED) is 0.0320. The Hall–Kier alpha value is -1.92. The molecule has 2 unspecified atom stereocenters. The van der Waals surface area contributed by atoms with Gasteiger partial charge in [-0.3, -0.25) is 9.59 Å². The van der Waals surface area contributed by atoms with Crippen LogP contribution >= 0.6 is 0 Å². The minimum absolute atomic E-state index is 0.0132. The van der Waals surface area contributed by atoms with E-state index in [4.69, 9.17) is 4.74 Å². The Labute approximate surface area is 455 Å². The molecule has 0 radical (unpaired) electrons. The lowest BCUT2D eigenvalue weighted by atomic mass is 10.0. The largest absolute Gasteiger partial charge is 0.466 e. The van der Waals surface area contributed by atoms with Gasteiger partial charge in [-0.15, -0.1) is 0 Å². The molecule has 3 N–H and O–H groups in total. The highest BCUT2D eigenvalue weighted by Gasteiger charge is 2.18. The number of hydrogen-bond acceptors (Lipinski definition) is 5. The highest BCUT2D eigenvalue weighted by molar-refractivity contribution is 5.76. The molecule has 0 heterocycles. The van der Waals surface area contributed by atoms with Crippen LogP contribution in [0.1, 0.15) is 354 Å². The highest BCUT2D eigenvalue weighted by atomic mass is 16.5. The monoisotopic (exact) mass is 1030 g/mol. The second kappa shape index (κ2) is 62.6. The van der Waals surface area contributed by atoms with Crippen molar-refractivity contribution in [2.75, 3.05) is 13.2 Å². The third-order valence-corrected chi connectivity index (χ3v) is 15.2. The zero-order valence-electron chi connectivity index (χ0n) is 49.1. The molecule has 0 bridgehead atoms. The van der Waals surface area contributed by atoms with Crippen LogP contribution in [0.3, 0.4) is 0 Å². The van der Waals surface area contributed by atoms with E-state index in [0.717, 1.165) is 64.2 Å². The normalized spacial score (nSPS) is 12.8. The Morgan fingerprint density at radius 3 is 1.05 bits per heavy atom. The van der Waals surface area contributed by atoms with Gasteiger partial charge in [0.05, 0.1) is 25.4 Å². The van der Waals surface area contributed by atoms with Gasteiger partial charge < -0.3 is 20.3 Å².